The first-order valence-electron chi connectivity index (χ1n) is 6.94. The summed E-state index contributed by atoms with van der Waals surface area (Å²) in [4.78, 5) is 0. The second-order valence-electron chi connectivity index (χ2n) is 5.36. The molecule has 0 aliphatic heterocycles. The molecule has 1 saturated carbocycles. The molecule has 0 aromatic heterocycles. The van der Waals surface area contributed by atoms with Gasteiger partial charge in [-0.1, -0.05) is 43.2 Å². The van der Waals surface area contributed by atoms with Gasteiger partial charge in [0.15, 0.2) is 11.6 Å². The molecule has 0 spiro atoms. The first-order valence-corrected chi connectivity index (χ1v) is 7.73. The van der Waals surface area contributed by atoms with Gasteiger partial charge >= 0.3 is 0 Å². The molecule has 104 valence electrons. The first-order chi connectivity index (χ1) is 9.66. The summed E-state index contributed by atoms with van der Waals surface area (Å²) in [6.07, 6.45) is 5.13. The van der Waals surface area contributed by atoms with Crippen molar-refractivity contribution in [2.75, 3.05) is 0 Å². The SMILES string of the molecule is Oc1c(Br)ccc(-c2ccc(C3CCCC3)cc2)c1F. The lowest BCUT2D eigenvalue weighted by Gasteiger charge is -2.11. The average Bonchev–Trinajstić information content (AvgIpc) is 3.00. The normalized spacial score (nSPS) is 15.7. The Hall–Kier alpha value is -1.35. The molecule has 1 aliphatic carbocycles. The molecule has 3 heteroatoms. The molecule has 2 aromatic carbocycles. The number of hydrogen-bond donors (Lipinski definition) is 1. The van der Waals surface area contributed by atoms with Crippen LogP contribution in [-0.2, 0) is 0 Å². The Morgan fingerprint density at radius 3 is 2.30 bits per heavy atom. The lowest BCUT2D eigenvalue weighted by atomic mass is 9.95. The van der Waals surface area contributed by atoms with E-state index in [-0.39, 0.29) is 5.75 Å². The lowest BCUT2D eigenvalue weighted by molar-refractivity contribution is 0.430. The van der Waals surface area contributed by atoms with Crippen LogP contribution in [0.4, 0.5) is 4.39 Å². The Labute approximate surface area is 126 Å². The van der Waals surface area contributed by atoms with Gasteiger partial charge in [-0.25, -0.2) is 4.39 Å². The van der Waals surface area contributed by atoms with Crippen LogP contribution in [0.3, 0.4) is 0 Å². The van der Waals surface area contributed by atoms with Gasteiger partial charge in [0, 0.05) is 5.56 Å². The van der Waals surface area contributed by atoms with Crippen molar-refractivity contribution >= 4 is 15.9 Å². The van der Waals surface area contributed by atoms with Gasteiger partial charge in [0.2, 0.25) is 0 Å². The van der Waals surface area contributed by atoms with Crippen LogP contribution in [0, 0.1) is 5.82 Å². The van der Waals surface area contributed by atoms with E-state index >= 15 is 0 Å². The van der Waals surface area contributed by atoms with Crippen molar-refractivity contribution in [3.8, 4) is 16.9 Å². The molecule has 0 radical (unpaired) electrons. The minimum absolute atomic E-state index is 0.331. The summed E-state index contributed by atoms with van der Waals surface area (Å²) in [6.45, 7) is 0. The smallest absolute Gasteiger partial charge is 0.173 e. The average molecular weight is 335 g/mol. The van der Waals surface area contributed by atoms with Crippen molar-refractivity contribution in [1.29, 1.82) is 0 Å². The van der Waals surface area contributed by atoms with Crippen molar-refractivity contribution in [2.45, 2.75) is 31.6 Å². The van der Waals surface area contributed by atoms with E-state index in [1.807, 2.05) is 12.1 Å². The Balaban J connectivity index is 1.93. The standard InChI is InChI=1S/C17H16BrFO/c18-15-10-9-14(16(19)17(15)20)13-7-5-12(6-8-13)11-3-1-2-4-11/h5-11,20H,1-4H2. The molecule has 0 saturated heterocycles. The molecule has 0 amide bonds. The fourth-order valence-corrected chi connectivity index (χ4v) is 3.26. The van der Waals surface area contributed by atoms with E-state index in [1.54, 1.807) is 12.1 Å². The topological polar surface area (TPSA) is 20.2 Å². The summed E-state index contributed by atoms with van der Waals surface area (Å²) in [5.41, 5.74) is 2.57. The van der Waals surface area contributed by atoms with Crippen LogP contribution in [0.1, 0.15) is 37.2 Å². The van der Waals surface area contributed by atoms with E-state index in [4.69, 9.17) is 0 Å². The predicted molar refractivity (Wildman–Crippen MR) is 82.4 cm³/mol. The lowest BCUT2D eigenvalue weighted by Crippen LogP contribution is -1.92. The van der Waals surface area contributed by atoms with E-state index in [9.17, 15) is 9.50 Å². The number of rotatable bonds is 2. The zero-order chi connectivity index (χ0) is 14.1. The largest absolute Gasteiger partial charge is 0.504 e. The zero-order valence-electron chi connectivity index (χ0n) is 11.1. The van der Waals surface area contributed by atoms with Crippen LogP contribution >= 0.6 is 15.9 Å². The second kappa shape index (κ2) is 5.57. The highest BCUT2D eigenvalue weighted by Gasteiger charge is 2.17. The van der Waals surface area contributed by atoms with Gasteiger partial charge in [-0.2, -0.15) is 0 Å². The number of phenolic OH excluding ortho intramolecular Hbond substituents is 1. The third kappa shape index (κ3) is 2.47. The maximum absolute atomic E-state index is 14.1. The zero-order valence-corrected chi connectivity index (χ0v) is 12.7. The van der Waals surface area contributed by atoms with E-state index in [1.165, 1.54) is 31.2 Å². The van der Waals surface area contributed by atoms with Crippen molar-refractivity contribution in [2.24, 2.45) is 0 Å². The molecule has 0 atom stereocenters. The maximum Gasteiger partial charge on any atom is 0.173 e. The monoisotopic (exact) mass is 334 g/mol. The summed E-state index contributed by atoms with van der Waals surface area (Å²) in [7, 11) is 0. The molecule has 1 nitrogen and oxygen atoms in total. The van der Waals surface area contributed by atoms with Gasteiger partial charge in [0.1, 0.15) is 0 Å². The van der Waals surface area contributed by atoms with Crippen LogP contribution in [0.5, 0.6) is 5.75 Å². The third-order valence-corrected chi connectivity index (χ3v) is 4.76. The minimum Gasteiger partial charge on any atom is -0.504 e. The van der Waals surface area contributed by atoms with Gasteiger partial charge in [0.25, 0.3) is 0 Å². The van der Waals surface area contributed by atoms with Gasteiger partial charge < -0.3 is 5.11 Å². The fraction of sp³-hybridized carbons (Fsp3) is 0.294. The van der Waals surface area contributed by atoms with E-state index in [0.717, 1.165) is 5.56 Å². The van der Waals surface area contributed by atoms with Crippen molar-refractivity contribution in [1.82, 2.24) is 0 Å². The van der Waals surface area contributed by atoms with Gasteiger partial charge in [-0.3, -0.25) is 0 Å². The quantitative estimate of drug-likeness (QED) is 0.755. The molecule has 3 rings (SSSR count). The Bertz CT molecular complexity index is 616. The number of benzene rings is 2. The van der Waals surface area contributed by atoms with E-state index in [2.05, 4.69) is 28.1 Å². The summed E-state index contributed by atoms with van der Waals surface area (Å²) >= 11 is 3.12. The molecule has 0 unspecified atom stereocenters. The fourth-order valence-electron chi connectivity index (χ4n) is 2.96. The molecular weight excluding hydrogens is 319 g/mol. The summed E-state index contributed by atoms with van der Waals surface area (Å²) in [5, 5.41) is 9.65. The van der Waals surface area contributed by atoms with E-state index < -0.39 is 5.82 Å². The number of phenols is 1. The Kier molecular flexibility index (Phi) is 3.79. The molecular formula is C17H16BrFO. The minimum atomic E-state index is -0.576. The summed E-state index contributed by atoms with van der Waals surface area (Å²) in [6, 6.07) is 11.4. The van der Waals surface area contributed by atoms with Crippen LogP contribution in [0.25, 0.3) is 11.1 Å². The van der Waals surface area contributed by atoms with Crippen molar-refractivity contribution in [3.05, 3.63) is 52.3 Å². The molecule has 0 heterocycles. The van der Waals surface area contributed by atoms with Gasteiger partial charge in [0.05, 0.1) is 4.47 Å². The molecule has 0 bridgehead atoms. The highest BCUT2D eigenvalue weighted by atomic mass is 79.9. The molecule has 1 aliphatic rings. The molecule has 1 fully saturated rings. The van der Waals surface area contributed by atoms with Gasteiger partial charge in [-0.05, 0) is 51.9 Å². The Morgan fingerprint density at radius 1 is 1.00 bits per heavy atom. The van der Waals surface area contributed by atoms with Crippen molar-refractivity contribution < 1.29 is 9.50 Å². The number of hydrogen-bond acceptors (Lipinski definition) is 1. The highest BCUT2D eigenvalue weighted by molar-refractivity contribution is 9.10. The van der Waals surface area contributed by atoms with Gasteiger partial charge in [-0.15, -0.1) is 0 Å². The number of halogens is 2. The van der Waals surface area contributed by atoms with Crippen molar-refractivity contribution in [3.63, 3.8) is 0 Å². The Morgan fingerprint density at radius 2 is 1.65 bits per heavy atom. The number of aromatic hydroxyl groups is 1. The molecule has 1 N–H and O–H groups in total. The van der Waals surface area contributed by atoms with Crippen LogP contribution in [0.15, 0.2) is 40.9 Å². The first kappa shape index (κ1) is 13.6. The highest BCUT2D eigenvalue weighted by Crippen LogP contribution is 2.37. The molecule has 20 heavy (non-hydrogen) atoms. The summed E-state index contributed by atoms with van der Waals surface area (Å²) < 4.78 is 14.4. The summed E-state index contributed by atoms with van der Waals surface area (Å²) in [5.74, 6) is -0.248. The molecule has 2 aromatic rings. The third-order valence-electron chi connectivity index (χ3n) is 4.12. The maximum atomic E-state index is 14.1. The van der Waals surface area contributed by atoms with Crippen LogP contribution < -0.4 is 0 Å². The van der Waals surface area contributed by atoms with E-state index in [0.29, 0.717) is 16.0 Å². The predicted octanol–water partition coefficient (Wildman–Crippen LogP) is 5.62. The van der Waals surface area contributed by atoms with Crippen LogP contribution in [0.2, 0.25) is 0 Å². The van der Waals surface area contributed by atoms with Crippen LogP contribution in [-0.4, -0.2) is 5.11 Å². The second-order valence-corrected chi connectivity index (χ2v) is 6.22.